The zero-order valence-corrected chi connectivity index (χ0v) is 14.7. The van der Waals surface area contributed by atoms with Gasteiger partial charge >= 0.3 is 0 Å². The molecule has 26 heavy (non-hydrogen) atoms. The van der Waals surface area contributed by atoms with E-state index in [-0.39, 0.29) is 5.91 Å². The van der Waals surface area contributed by atoms with Crippen LogP contribution in [0.3, 0.4) is 0 Å². The summed E-state index contributed by atoms with van der Waals surface area (Å²) in [7, 11) is 0. The highest BCUT2D eigenvalue weighted by Gasteiger charge is 2.23. The third-order valence-corrected chi connectivity index (χ3v) is 4.89. The third kappa shape index (κ3) is 3.89. The maximum Gasteiger partial charge on any atom is 0.246 e. The number of carbonyl (C=O) groups excluding carboxylic acids is 1. The molecule has 0 radical (unpaired) electrons. The van der Waals surface area contributed by atoms with E-state index in [1.54, 1.807) is 6.08 Å². The Kier molecular flexibility index (Phi) is 4.88. The topological polar surface area (TPSA) is 43.2 Å². The molecule has 0 unspecified atom stereocenters. The van der Waals surface area contributed by atoms with Gasteiger partial charge in [-0.15, -0.1) is 0 Å². The average molecular weight is 351 g/mol. The number of benzene rings is 2. The first-order valence-electron chi connectivity index (χ1n) is 9.02. The summed E-state index contributed by atoms with van der Waals surface area (Å²) >= 11 is 0. The largest absolute Gasteiger partial charge is 0.454 e. The van der Waals surface area contributed by atoms with Crippen LogP contribution in [0.4, 0.5) is 0 Å². The van der Waals surface area contributed by atoms with E-state index in [0.717, 1.165) is 49.8 Å². The number of carbonyl (C=O) groups is 1. The minimum absolute atomic E-state index is 0.0935. The van der Waals surface area contributed by atoms with E-state index < -0.39 is 0 Å². The van der Waals surface area contributed by atoms with Crippen molar-refractivity contribution in [1.82, 2.24) is 4.90 Å². The molecule has 2 heterocycles. The Morgan fingerprint density at radius 3 is 2.62 bits per heavy atom. The second kappa shape index (κ2) is 7.62. The summed E-state index contributed by atoms with van der Waals surface area (Å²) < 4.78 is 10.8. The molecule has 0 spiro atoms. The summed E-state index contributed by atoms with van der Waals surface area (Å²) in [6.07, 6.45) is 3.56. The monoisotopic (exact) mass is 351 g/mol. The molecule has 5 nitrogen and oxygen atoms in total. The number of rotatable bonds is 4. The Morgan fingerprint density at radius 2 is 1.81 bits per heavy atom. The zero-order chi connectivity index (χ0) is 17.8. The molecule has 5 heteroatoms. The number of quaternary nitrogens is 1. The number of hydrogen-bond acceptors (Lipinski definition) is 3. The van der Waals surface area contributed by atoms with Gasteiger partial charge in [-0.1, -0.05) is 30.3 Å². The summed E-state index contributed by atoms with van der Waals surface area (Å²) in [6, 6.07) is 16.1. The lowest BCUT2D eigenvalue weighted by molar-refractivity contribution is -0.917. The molecule has 0 aliphatic carbocycles. The van der Waals surface area contributed by atoms with Gasteiger partial charge in [0.05, 0.1) is 26.2 Å². The lowest BCUT2D eigenvalue weighted by Gasteiger charge is -2.31. The molecule has 1 fully saturated rings. The molecule has 0 atom stereocenters. The number of hydrogen-bond donors (Lipinski definition) is 1. The van der Waals surface area contributed by atoms with Crippen molar-refractivity contribution in [3.63, 3.8) is 0 Å². The van der Waals surface area contributed by atoms with Gasteiger partial charge in [0.1, 0.15) is 6.54 Å². The van der Waals surface area contributed by atoms with Gasteiger partial charge in [0.25, 0.3) is 0 Å². The maximum absolute atomic E-state index is 12.4. The molecule has 0 bridgehead atoms. The van der Waals surface area contributed by atoms with Crippen LogP contribution in [-0.2, 0) is 11.3 Å². The summed E-state index contributed by atoms with van der Waals surface area (Å²) in [5.41, 5.74) is 2.29. The van der Waals surface area contributed by atoms with E-state index in [1.165, 1.54) is 10.5 Å². The van der Waals surface area contributed by atoms with Gasteiger partial charge in [0.15, 0.2) is 11.5 Å². The molecule has 1 amide bonds. The summed E-state index contributed by atoms with van der Waals surface area (Å²) in [5.74, 6) is 1.75. The fourth-order valence-corrected chi connectivity index (χ4v) is 3.40. The van der Waals surface area contributed by atoms with Crippen molar-refractivity contribution in [3.05, 3.63) is 65.7 Å². The van der Waals surface area contributed by atoms with Gasteiger partial charge < -0.3 is 19.3 Å². The molecule has 1 N–H and O–H groups in total. The van der Waals surface area contributed by atoms with E-state index in [2.05, 4.69) is 12.1 Å². The number of ether oxygens (including phenoxy) is 2. The number of nitrogens with zero attached hydrogens (tertiary/aromatic N) is 1. The van der Waals surface area contributed by atoms with Crippen LogP contribution in [0, 0.1) is 0 Å². The molecule has 2 aromatic carbocycles. The molecule has 2 aliphatic heterocycles. The number of fused-ring (bicyclic) bond motifs is 1. The standard InChI is InChI=1S/C21H22N2O3/c24-21(9-7-17-4-2-1-3-5-17)23-12-10-22(11-13-23)15-18-6-8-19-20(14-18)26-16-25-19/h1-9,14H,10-13,15-16H2/p+1. The van der Waals surface area contributed by atoms with E-state index in [9.17, 15) is 4.79 Å². The highest BCUT2D eigenvalue weighted by Crippen LogP contribution is 2.32. The van der Waals surface area contributed by atoms with Gasteiger partial charge in [-0.3, -0.25) is 4.79 Å². The molecule has 134 valence electrons. The van der Waals surface area contributed by atoms with Gasteiger partial charge in [0.2, 0.25) is 12.7 Å². The maximum atomic E-state index is 12.4. The van der Waals surface area contributed by atoms with E-state index in [1.807, 2.05) is 47.4 Å². The second-order valence-electron chi connectivity index (χ2n) is 6.68. The van der Waals surface area contributed by atoms with E-state index in [0.29, 0.717) is 6.79 Å². The fourth-order valence-electron chi connectivity index (χ4n) is 3.40. The summed E-state index contributed by atoms with van der Waals surface area (Å²) in [4.78, 5) is 15.8. The van der Waals surface area contributed by atoms with Crippen LogP contribution in [0.25, 0.3) is 6.08 Å². The molecule has 0 saturated carbocycles. The lowest BCUT2D eigenvalue weighted by Crippen LogP contribution is -3.13. The smallest absolute Gasteiger partial charge is 0.246 e. The predicted octanol–water partition coefficient (Wildman–Crippen LogP) is 1.36. The number of amides is 1. The minimum Gasteiger partial charge on any atom is -0.454 e. The van der Waals surface area contributed by atoms with Crippen LogP contribution < -0.4 is 14.4 Å². The van der Waals surface area contributed by atoms with Crippen molar-refractivity contribution < 1.29 is 19.2 Å². The van der Waals surface area contributed by atoms with E-state index in [4.69, 9.17) is 9.47 Å². The molecular formula is C21H23N2O3+. The van der Waals surface area contributed by atoms with Crippen LogP contribution in [0.15, 0.2) is 54.6 Å². The Bertz CT molecular complexity index is 796. The molecule has 1 saturated heterocycles. The Morgan fingerprint density at radius 1 is 1.04 bits per heavy atom. The molecular weight excluding hydrogens is 328 g/mol. The Balaban J connectivity index is 1.28. The van der Waals surface area contributed by atoms with Crippen molar-refractivity contribution in [3.8, 4) is 11.5 Å². The minimum atomic E-state index is 0.0935. The average Bonchev–Trinajstić information content (AvgIpc) is 3.15. The lowest BCUT2D eigenvalue weighted by atomic mass is 10.1. The van der Waals surface area contributed by atoms with Gasteiger partial charge in [-0.2, -0.15) is 0 Å². The molecule has 2 aliphatic rings. The van der Waals surface area contributed by atoms with Crippen molar-refractivity contribution in [2.24, 2.45) is 0 Å². The summed E-state index contributed by atoms with van der Waals surface area (Å²) in [6.45, 7) is 4.75. The highest BCUT2D eigenvalue weighted by molar-refractivity contribution is 5.91. The van der Waals surface area contributed by atoms with Gasteiger partial charge in [-0.25, -0.2) is 0 Å². The molecule has 2 aromatic rings. The third-order valence-electron chi connectivity index (χ3n) is 4.89. The van der Waals surface area contributed by atoms with Crippen molar-refractivity contribution in [2.75, 3.05) is 33.0 Å². The van der Waals surface area contributed by atoms with Crippen LogP contribution in [0.5, 0.6) is 11.5 Å². The Labute approximate surface area is 153 Å². The number of piperazine rings is 1. The van der Waals surface area contributed by atoms with Crippen molar-refractivity contribution in [2.45, 2.75) is 6.54 Å². The van der Waals surface area contributed by atoms with Crippen molar-refractivity contribution >= 4 is 12.0 Å². The summed E-state index contributed by atoms with van der Waals surface area (Å²) in [5, 5.41) is 0. The fraction of sp³-hybridized carbons (Fsp3) is 0.286. The molecule has 4 rings (SSSR count). The number of nitrogens with one attached hydrogen (secondary N) is 1. The van der Waals surface area contributed by atoms with Gasteiger partial charge in [0, 0.05) is 11.6 Å². The first kappa shape index (κ1) is 16.7. The van der Waals surface area contributed by atoms with Crippen molar-refractivity contribution in [1.29, 1.82) is 0 Å². The predicted molar refractivity (Wildman–Crippen MR) is 99.0 cm³/mol. The normalized spacial score (nSPS) is 17.0. The highest BCUT2D eigenvalue weighted by atomic mass is 16.7. The molecule has 0 aromatic heterocycles. The SMILES string of the molecule is O=C(C=Cc1ccccc1)N1CC[NH+](Cc2ccc3c(c2)OCO3)CC1. The quantitative estimate of drug-likeness (QED) is 0.846. The van der Waals surface area contributed by atoms with Gasteiger partial charge in [-0.05, 0) is 29.8 Å². The first-order valence-corrected chi connectivity index (χ1v) is 9.02. The van der Waals surface area contributed by atoms with Crippen LogP contribution >= 0.6 is 0 Å². The second-order valence-corrected chi connectivity index (χ2v) is 6.68. The van der Waals surface area contributed by atoms with Crippen LogP contribution in [-0.4, -0.2) is 43.8 Å². The zero-order valence-electron chi connectivity index (χ0n) is 14.7. The first-order chi connectivity index (χ1) is 12.8. The van der Waals surface area contributed by atoms with Crippen LogP contribution in [0.1, 0.15) is 11.1 Å². The van der Waals surface area contributed by atoms with E-state index >= 15 is 0 Å². The Hall–Kier alpha value is -2.79. The van der Waals surface area contributed by atoms with Crippen LogP contribution in [0.2, 0.25) is 0 Å².